The maximum absolute atomic E-state index is 5.39. The van der Waals surface area contributed by atoms with E-state index in [2.05, 4.69) is 29.7 Å². The van der Waals surface area contributed by atoms with Crippen molar-refractivity contribution in [3.8, 4) is 0 Å². The van der Waals surface area contributed by atoms with Crippen LogP contribution >= 0.6 is 12.2 Å². The molecule has 1 saturated carbocycles. The summed E-state index contributed by atoms with van der Waals surface area (Å²) in [5.41, 5.74) is 1.29. The molecule has 84 valence electrons. The molecule has 1 aromatic heterocycles. The molecule has 0 atom stereocenters. The first-order valence-electron chi connectivity index (χ1n) is 5.97. The Morgan fingerprint density at radius 1 is 1.47 bits per heavy atom. The van der Waals surface area contributed by atoms with E-state index in [9.17, 15) is 0 Å². The first kappa shape index (κ1) is 10.9. The standard InChI is InChI=1S/C12H20N2S/c1-9(2)7-10-8-12(15)14(13-10)11-5-3-4-6-11/h8-9,11,13H,3-7H2,1-2H3. The Morgan fingerprint density at radius 3 is 2.73 bits per heavy atom. The summed E-state index contributed by atoms with van der Waals surface area (Å²) in [7, 11) is 0. The van der Waals surface area contributed by atoms with Crippen molar-refractivity contribution in [1.82, 2.24) is 9.78 Å². The SMILES string of the molecule is CC(C)Cc1cc(=S)n(C2CCCC2)[nH]1. The molecular weight excluding hydrogens is 204 g/mol. The summed E-state index contributed by atoms with van der Waals surface area (Å²) in [4.78, 5) is 0. The topological polar surface area (TPSA) is 20.7 Å². The third-order valence-electron chi connectivity index (χ3n) is 3.12. The van der Waals surface area contributed by atoms with Gasteiger partial charge in [0.25, 0.3) is 0 Å². The second-order valence-electron chi connectivity index (χ2n) is 5.03. The Balaban J connectivity index is 2.17. The van der Waals surface area contributed by atoms with Crippen molar-refractivity contribution in [2.75, 3.05) is 0 Å². The fourth-order valence-electron chi connectivity index (χ4n) is 2.44. The monoisotopic (exact) mass is 224 g/mol. The number of H-pyrrole nitrogens is 1. The molecule has 1 aliphatic carbocycles. The molecule has 1 heterocycles. The zero-order chi connectivity index (χ0) is 10.8. The van der Waals surface area contributed by atoms with E-state index in [1.165, 1.54) is 31.4 Å². The largest absolute Gasteiger partial charge is 0.301 e. The second-order valence-corrected chi connectivity index (χ2v) is 5.44. The molecule has 0 amide bonds. The lowest BCUT2D eigenvalue weighted by molar-refractivity contribution is 0.455. The van der Waals surface area contributed by atoms with E-state index in [0.29, 0.717) is 12.0 Å². The van der Waals surface area contributed by atoms with E-state index in [0.717, 1.165) is 11.1 Å². The number of hydrogen-bond donors (Lipinski definition) is 1. The minimum atomic E-state index is 0.637. The Kier molecular flexibility index (Phi) is 3.29. The van der Waals surface area contributed by atoms with Crippen LogP contribution in [0.15, 0.2) is 6.07 Å². The summed E-state index contributed by atoms with van der Waals surface area (Å²) < 4.78 is 3.19. The number of aromatic amines is 1. The molecule has 0 spiro atoms. The molecule has 0 bridgehead atoms. The zero-order valence-electron chi connectivity index (χ0n) is 9.62. The second kappa shape index (κ2) is 4.52. The molecule has 0 aliphatic heterocycles. The van der Waals surface area contributed by atoms with Gasteiger partial charge in [-0.15, -0.1) is 0 Å². The summed E-state index contributed by atoms with van der Waals surface area (Å²) in [5, 5.41) is 3.47. The molecule has 2 nitrogen and oxygen atoms in total. The fourth-order valence-corrected chi connectivity index (χ4v) is 2.78. The van der Waals surface area contributed by atoms with Gasteiger partial charge in [-0.1, -0.05) is 38.9 Å². The van der Waals surface area contributed by atoms with Crippen molar-refractivity contribution in [1.29, 1.82) is 0 Å². The van der Waals surface area contributed by atoms with Gasteiger partial charge in [0.05, 0.1) is 6.04 Å². The third-order valence-corrected chi connectivity index (χ3v) is 3.43. The van der Waals surface area contributed by atoms with Gasteiger partial charge in [-0.3, -0.25) is 4.68 Å². The summed E-state index contributed by atoms with van der Waals surface area (Å²) in [6.45, 7) is 4.48. The Morgan fingerprint density at radius 2 is 2.13 bits per heavy atom. The normalized spacial score (nSPS) is 17.8. The van der Waals surface area contributed by atoms with Crippen LogP contribution in [0.25, 0.3) is 0 Å². The van der Waals surface area contributed by atoms with Crippen molar-refractivity contribution in [2.24, 2.45) is 5.92 Å². The highest BCUT2D eigenvalue weighted by molar-refractivity contribution is 7.71. The molecule has 0 radical (unpaired) electrons. The van der Waals surface area contributed by atoms with E-state index >= 15 is 0 Å². The van der Waals surface area contributed by atoms with Crippen molar-refractivity contribution >= 4 is 12.2 Å². The van der Waals surface area contributed by atoms with Crippen molar-refractivity contribution in [2.45, 2.75) is 52.0 Å². The van der Waals surface area contributed by atoms with Crippen LogP contribution in [0.4, 0.5) is 0 Å². The van der Waals surface area contributed by atoms with E-state index in [1.54, 1.807) is 0 Å². The average molecular weight is 224 g/mol. The molecule has 0 aromatic carbocycles. The maximum Gasteiger partial charge on any atom is 0.122 e. The van der Waals surface area contributed by atoms with E-state index < -0.39 is 0 Å². The Labute approximate surface area is 96.7 Å². The van der Waals surface area contributed by atoms with Crippen LogP contribution < -0.4 is 0 Å². The maximum atomic E-state index is 5.39. The molecule has 1 aliphatic rings. The van der Waals surface area contributed by atoms with Crippen molar-refractivity contribution < 1.29 is 0 Å². The third kappa shape index (κ3) is 2.51. The lowest BCUT2D eigenvalue weighted by atomic mass is 10.1. The minimum Gasteiger partial charge on any atom is -0.301 e. The molecule has 0 unspecified atom stereocenters. The summed E-state index contributed by atoms with van der Waals surface area (Å²) in [6.07, 6.45) is 6.38. The summed E-state index contributed by atoms with van der Waals surface area (Å²) in [6, 6.07) is 2.77. The van der Waals surface area contributed by atoms with Crippen molar-refractivity contribution in [3.63, 3.8) is 0 Å². The molecule has 1 N–H and O–H groups in total. The van der Waals surface area contributed by atoms with Gasteiger partial charge in [0.2, 0.25) is 0 Å². The lowest BCUT2D eigenvalue weighted by Crippen LogP contribution is -2.07. The van der Waals surface area contributed by atoms with Crippen LogP contribution in [-0.2, 0) is 6.42 Å². The van der Waals surface area contributed by atoms with Gasteiger partial charge in [-0.25, -0.2) is 0 Å². The van der Waals surface area contributed by atoms with Gasteiger partial charge in [0.1, 0.15) is 4.64 Å². The summed E-state index contributed by atoms with van der Waals surface area (Å²) >= 11 is 5.39. The minimum absolute atomic E-state index is 0.637. The summed E-state index contributed by atoms with van der Waals surface area (Å²) in [5.74, 6) is 0.690. The number of nitrogens with one attached hydrogen (secondary N) is 1. The van der Waals surface area contributed by atoms with Crippen LogP contribution in [0.1, 0.15) is 51.3 Å². The van der Waals surface area contributed by atoms with E-state index in [4.69, 9.17) is 12.2 Å². The van der Waals surface area contributed by atoms with Crippen LogP contribution in [0.5, 0.6) is 0 Å². The van der Waals surface area contributed by atoms with Crippen LogP contribution in [0.3, 0.4) is 0 Å². The molecule has 0 saturated heterocycles. The van der Waals surface area contributed by atoms with E-state index in [-0.39, 0.29) is 0 Å². The highest BCUT2D eigenvalue weighted by Crippen LogP contribution is 2.29. The van der Waals surface area contributed by atoms with Gasteiger partial charge in [0, 0.05) is 5.69 Å². The quantitative estimate of drug-likeness (QED) is 0.773. The highest BCUT2D eigenvalue weighted by Gasteiger charge is 2.18. The van der Waals surface area contributed by atoms with Crippen molar-refractivity contribution in [3.05, 3.63) is 16.4 Å². The van der Waals surface area contributed by atoms with Gasteiger partial charge >= 0.3 is 0 Å². The van der Waals surface area contributed by atoms with E-state index in [1.807, 2.05) is 0 Å². The Bertz CT molecular complexity index is 369. The smallest absolute Gasteiger partial charge is 0.122 e. The molecule has 3 heteroatoms. The number of nitrogens with zero attached hydrogens (tertiary/aromatic N) is 1. The first-order valence-corrected chi connectivity index (χ1v) is 6.38. The first-order chi connectivity index (χ1) is 7.16. The average Bonchev–Trinajstić information content (AvgIpc) is 2.72. The lowest BCUT2D eigenvalue weighted by Gasteiger charge is -2.11. The molecule has 15 heavy (non-hydrogen) atoms. The fraction of sp³-hybridized carbons (Fsp3) is 0.750. The van der Waals surface area contributed by atoms with Crippen LogP contribution in [0.2, 0.25) is 0 Å². The predicted molar refractivity (Wildman–Crippen MR) is 65.7 cm³/mol. The number of rotatable bonds is 3. The van der Waals surface area contributed by atoms with Gasteiger partial charge in [-0.2, -0.15) is 0 Å². The zero-order valence-corrected chi connectivity index (χ0v) is 10.4. The van der Waals surface area contributed by atoms with Gasteiger partial charge in [-0.05, 0) is 31.2 Å². The predicted octanol–water partition coefficient (Wildman–Crippen LogP) is 3.86. The van der Waals surface area contributed by atoms with Crippen LogP contribution in [-0.4, -0.2) is 9.78 Å². The molecular formula is C12H20N2S. The van der Waals surface area contributed by atoms with Gasteiger partial charge < -0.3 is 5.10 Å². The molecule has 2 rings (SSSR count). The molecule has 1 fully saturated rings. The number of hydrogen-bond acceptors (Lipinski definition) is 1. The Hall–Kier alpha value is -0.570. The van der Waals surface area contributed by atoms with Gasteiger partial charge in [0.15, 0.2) is 0 Å². The van der Waals surface area contributed by atoms with Crippen LogP contribution in [0, 0.1) is 10.6 Å². The number of aromatic nitrogens is 2. The highest BCUT2D eigenvalue weighted by atomic mass is 32.1. The molecule has 1 aromatic rings.